The molecule has 0 bridgehead atoms. The predicted octanol–water partition coefficient (Wildman–Crippen LogP) is 1.36. The number of carbonyl (C=O) groups is 1. The van der Waals surface area contributed by atoms with E-state index in [-0.39, 0.29) is 25.7 Å². The smallest absolute Gasteiger partial charge is 0.248 e. The summed E-state index contributed by atoms with van der Waals surface area (Å²) in [5, 5.41) is 23.6. The molecule has 3 rings (SSSR count). The second-order valence-corrected chi connectivity index (χ2v) is 5.49. The summed E-state index contributed by atoms with van der Waals surface area (Å²) in [5.41, 5.74) is 1.31. The number of tetrazole rings is 1. The second-order valence-electron chi connectivity index (χ2n) is 5.49. The Labute approximate surface area is 155 Å². The van der Waals surface area contributed by atoms with Crippen molar-refractivity contribution in [2.45, 2.75) is 6.54 Å². The number of aliphatic hydroxyl groups excluding tert-OH is 1. The Balaban J connectivity index is 1.62. The summed E-state index contributed by atoms with van der Waals surface area (Å²) < 4.78 is 10.5. The van der Waals surface area contributed by atoms with Gasteiger partial charge in [0, 0.05) is 5.56 Å². The number of aromatic nitrogens is 4. The Bertz CT molecular complexity index is 895. The highest BCUT2D eigenvalue weighted by atomic mass is 16.5. The minimum atomic E-state index is -0.295. The van der Waals surface area contributed by atoms with Crippen LogP contribution in [0.15, 0.2) is 48.5 Å². The van der Waals surface area contributed by atoms with Crippen LogP contribution < -0.4 is 14.8 Å². The zero-order chi connectivity index (χ0) is 19.1. The molecule has 0 fully saturated rings. The molecule has 2 aromatic carbocycles. The van der Waals surface area contributed by atoms with Gasteiger partial charge in [0.25, 0.3) is 0 Å². The Morgan fingerprint density at radius 1 is 1.19 bits per heavy atom. The summed E-state index contributed by atoms with van der Waals surface area (Å²) in [7, 11) is 1.54. The van der Waals surface area contributed by atoms with Crippen LogP contribution in [-0.2, 0) is 11.3 Å². The number of nitrogens with one attached hydrogen (secondary N) is 1. The topological polar surface area (TPSA) is 111 Å². The molecule has 0 radical (unpaired) electrons. The van der Waals surface area contributed by atoms with Crippen molar-refractivity contribution in [3.63, 3.8) is 0 Å². The number of hydrogen-bond acceptors (Lipinski definition) is 7. The van der Waals surface area contributed by atoms with Crippen LogP contribution in [0.4, 0.5) is 5.69 Å². The fourth-order valence-electron chi connectivity index (χ4n) is 2.36. The lowest BCUT2D eigenvalue weighted by Crippen LogP contribution is -2.20. The summed E-state index contributed by atoms with van der Waals surface area (Å²) in [4.78, 5) is 13.4. The van der Waals surface area contributed by atoms with Gasteiger partial charge < -0.3 is 19.9 Å². The molecule has 0 unspecified atom stereocenters. The van der Waals surface area contributed by atoms with Crippen LogP contribution in [0.1, 0.15) is 0 Å². The first-order valence-electron chi connectivity index (χ1n) is 8.24. The molecule has 3 aromatic rings. The van der Waals surface area contributed by atoms with Gasteiger partial charge in [-0.05, 0) is 41.6 Å². The third-order valence-electron chi connectivity index (χ3n) is 3.59. The Kier molecular flexibility index (Phi) is 5.95. The zero-order valence-electron chi connectivity index (χ0n) is 14.7. The van der Waals surface area contributed by atoms with Crippen molar-refractivity contribution in [1.82, 2.24) is 20.2 Å². The fourth-order valence-corrected chi connectivity index (χ4v) is 2.36. The fraction of sp³-hybridized carbons (Fsp3) is 0.222. The van der Waals surface area contributed by atoms with Gasteiger partial charge in [0.15, 0.2) is 0 Å². The number of nitrogens with zero attached hydrogens (tertiary/aromatic N) is 4. The van der Waals surface area contributed by atoms with E-state index in [1.165, 1.54) is 11.9 Å². The second kappa shape index (κ2) is 8.77. The van der Waals surface area contributed by atoms with Crippen LogP contribution >= 0.6 is 0 Å². The molecule has 2 N–H and O–H groups in total. The molecule has 0 spiro atoms. The summed E-state index contributed by atoms with van der Waals surface area (Å²) in [6.45, 7) is 0.104. The van der Waals surface area contributed by atoms with Gasteiger partial charge in [-0.3, -0.25) is 4.79 Å². The molecule has 9 nitrogen and oxygen atoms in total. The number of rotatable bonds is 8. The maximum atomic E-state index is 12.2. The first-order chi connectivity index (χ1) is 13.2. The van der Waals surface area contributed by atoms with E-state index in [0.717, 1.165) is 5.56 Å². The lowest BCUT2D eigenvalue weighted by atomic mass is 10.2. The van der Waals surface area contributed by atoms with E-state index in [0.29, 0.717) is 23.0 Å². The van der Waals surface area contributed by atoms with E-state index in [4.69, 9.17) is 14.6 Å². The van der Waals surface area contributed by atoms with Crippen molar-refractivity contribution >= 4 is 11.6 Å². The van der Waals surface area contributed by atoms with Crippen molar-refractivity contribution in [2.24, 2.45) is 0 Å². The van der Waals surface area contributed by atoms with E-state index in [9.17, 15) is 4.79 Å². The van der Waals surface area contributed by atoms with Gasteiger partial charge in [-0.15, -0.1) is 10.2 Å². The molecular weight excluding hydrogens is 350 g/mol. The number of anilines is 1. The normalized spacial score (nSPS) is 10.4. The quantitative estimate of drug-likeness (QED) is 0.616. The molecule has 0 aliphatic rings. The van der Waals surface area contributed by atoms with Gasteiger partial charge in [-0.25, -0.2) is 0 Å². The molecule has 0 aliphatic heterocycles. The van der Waals surface area contributed by atoms with Crippen molar-refractivity contribution in [2.75, 3.05) is 25.6 Å². The molecule has 140 valence electrons. The summed E-state index contributed by atoms with van der Waals surface area (Å²) >= 11 is 0. The number of aliphatic hydroxyl groups is 1. The van der Waals surface area contributed by atoms with E-state index in [2.05, 4.69) is 20.7 Å². The number of para-hydroxylation sites is 2. The van der Waals surface area contributed by atoms with Crippen molar-refractivity contribution in [3.8, 4) is 22.9 Å². The number of methoxy groups -OCH3 is 1. The third kappa shape index (κ3) is 4.79. The van der Waals surface area contributed by atoms with E-state index >= 15 is 0 Å². The van der Waals surface area contributed by atoms with Crippen LogP contribution in [0.5, 0.6) is 11.5 Å². The highest BCUT2D eigenvalue weighted by molar-refractivity contribution is 5.91. The number of amides is 1. The van der Waals surface area contributed by atoms with E-state index in [1.807, 2.05) is 6.07 Å². The average molecular weight is 369 g/mol. The van der Waals surface area contributed by atoms with Crippen LogP contribution in [0.3, 0.4) is 0 Å². The molecule has 0 atom stereocenters. The largest absolute Gasteiger partial charge is 0.495 e. The van der Waals surface area contributed by atoms with Crippen molar-refractivity contribution in [1.29, 1.82) is 0 Å². The molecule has 0 saturated carbocycles. The monoisotopic (exact) mass is 369 g/mol. The molecule has 1 amide bonds. The minimum absolute atomic E-state index is 0.0471. The van der Waals surface area contributed by atoms with Crippen LogP contribution in [0.2, 0.25) is 0 Å². The molecule has 1 aromatic heterocycles. The molecule has 0 saturated heterocycles. The predicted molar refractivity (Wildman–Crippen MR) is 97.5 cm³/mol. The summed E-state index contributed by atoms with van der Waals surface area (Å²) in [6, 6.07) is 14.2. The Morgan fingerprint density at radius 3 is 2.70 bits per heavy atom. The SMILES string of the molecule is COc1ccccc1NC(=O)Cn1nnc(-c2ccc(OCCO)cc2)n1. The Hall–Kier alpha value is -3.46. The highest BCUT2D eigenvalue weighted by Gasteiger charge is 2.11. The lowest BCUT2D eigenvalue weighted by Gasteiger charge is -2.09. The standard InChI is InChI=1S/C18H19N5O4/c1-26-16-5-3-2-4-15(16)19-17(25)12-23-21-18(20-22-23)13-6-8-14(9-7-13)27-11-10-24/h2-9,24H,10-12H2,1H3,(H,19,25). The molecule has 27 heavy (non-hydrogen) atoms. The third-order valence-corrected chi connectivity index (χ3v) is 3.59. The van der Waals surface area contributed by atoms with Gasteiger partial charge in [0.1, 0.15) is 24.7 Å². The van der Waals surface area contributed by atoms with E-state index < -0.39 is 0 Å². The molecule has 1 heterocycles. The van der Waals surface area contributed by atoms with Gasteiger partial charge in [-0.1, -0.05) is 12.1 Å². The van der Waals surface area contributed by atoms with Gasteiger partial charge >= 0.3 is 0 Å². The van der Waals surface area contributed by atoms with Crippen molar-refractivity contribution in [3.05, 3.63) is 48.5 Å². The average Bonchev–Trinajstić information content (AvgIpc) is 3.15. The number of benzene rings is 2. The molecule has 9 heteroatoms. The summed E-state index contributed by atoms with van der Waals surface area (Å²) in [5.74, 6) is 1.31. The number of hydrogen-bond donors (Lipinski definition) is 2. The number of carbonyl (C=O) groups excluding carboxylic acids is 1. The van der Waals surface area contributed by atoms with Gasteiger partial charge in [-0.2, -0.15) is 4.80 Å². The van der Waals surface area contributed by atoms with Crippen molar-refractivity contribution < 1.29 is 19.4 Å². The van der Waals surface area contributed by atoms with Gasteiger partial charge in [0.2, 0.25) is 11.7 Å². The van der Waals surface area contributed by atoms with Crippen LogP contribution in [-0.4, -0.2) is 51.5 Å². The zero-order valence-corrected chi connectivity index (χ0v) is 14.7. The van der Waals surface area contributed by atoms with Crippen LogP contribution in [0.25, 0.3) is 11.4 Å². The Morgan fingerprint density at radius 2 is 1.96 bits per heavy atom. The van der Waals surface area contributed by atoms with E-state index in [1.54, 1.807) is 42.5 Å². The first-order valence-corrected chi connectivity index (χ1v) is 8.24. The van der Waals surface area contributed by atoms with Crippen LogP contribution in [0, 0.1) is 0 Å². The van der Waals surface area contributed by atoms with Gasteiger partial charge in [0.05, 0.1) is 19.4 Å². The highest BCUT2D eigenvalue weighted by Crippen LogP contribution is 2.23. The molecular formula is C18H19N5O4. The summed E-state index contributed by atoms with van der Waals surface area (Å²) in [6.07, 6.45) is 0. The lowest BCUT2D eigenvalue weighted by molar-refractivity contribution is -0.117. The maximum Gasteiger partial charge on any atom is 0.248 e. The maximum absolute atomic E-state index is 12.2. The minimum Gasteiger partial charge on any atom is -0.495 e. The molecule has 0 aliphatic carbocycles. The number of ether oxygens (including phenoxy) is 2. The first kappa shape index (κ1) is 18.3.